The maximum absolute atomic E-state index is 15.2. The van der Waals surface area contributed by atoms with E-state index in [-0.39, 0.29) is 35.1 Å². The number of ketones is 1. The molecule has 0 bridgehead atoms. The van der Waals surface area contributed by atoms with Gasteiger partial charge in [0, 0.05) is 49.9 Å². The minimum atomic E-state index is -1.37. The Hall–Kier alpha value is -4.38. The van der Waals surface area contributed by atoms with Gasteiger partial charge < -0.3 is 14.6 Å². The Balaban J connectivity index is 1.35. The number of nitrogens with zero attached hydrogens (tertiary/aromatic N) is 4. The third kappa shape index (κ3) is 4.59. The summed E-state index contributed by atoms with van der Waals surface area (Å²) in [6, 6.07) is 8.43. The third-order valence-electron chi connectivity index (χ3n) is 7.45. The summed E-state index contributed by atoms with van der Waals surface area (Å²) >= 11 is 0. The van der Waals surface area contributed by atoms with Crippen LogP contribution in [0.15, 0.2) is 47.4 Å². The highest BCUT2D eigenvalue weighted by Crippen LogP contribution is 2.30. The van der Waals surface area contributed by atoms with Crippen LogP contribution in [-0.4, -0.2) is 70.4 Å². The number of carbonyl (C=O) groups excluding carboxylic acids is 3. The van der Waals surface area contributed by atoms with Crippen molar-refractivity contribution in [2.24, 2.45) is 0 Å². The summed E-state index contributed by atoms with van der Waals surface area (Å²) in [6.45, 7) is 5.17. The molecule has 2 saturated heterocycles. The van der Waals surface area contributed by atoms with Gasteiger partial charge in [0.05, 0.1) is 29.4 Å². The Labute approximate surface area is 222 Å². The molecular weight excluding hydrogens is 507 g/mol. The first kappa shape index (κ1) is 26.2. The van der Waals surface area contributed by atoms with Crippen molar-refractivity contribution in [3.63, 3.8) is 0 Å². The number of halogens is 1. The maximum Gasteiger partial charge on any atom is 0.341 e. The average Bonchev–Trinajstić information content (AvgIpc) is 3.22. The lowest BCUT2D eigenvalue weighted by Gasteiger charge is -2.38. The van der Waals surface area contributed by atoms with Crippen LogP contribution < -0.4 is 15.2 Å². The molecule has 3 heterocycles. The van der Waals surface area contributed by atoms with Crippen molar-refractivity contribution in [1.82, 2.24) is 9.47 Å². The van der Waals surface area contributed by atoms with E-state index in [0.29, 0.717) is 49.5 Å². The number of hydrogen-bond donors (Lipinski definition) is 1. The summed E-state index contributed by atoms with van der Waals surface area (Å²) in [6.07, 6.45) is 1.29. The van der Waals surface area contributed by atoms with Crippen molar-refractivity contribution in [1.29, 1.82) is 0 Å². The molecule has 0 unspecified atom stereocenters. The number of rotatable bonds is 6. The van der Waals surface area contributed by atoms with Gasteiger partial charge in [0.2, 0.25) is 11.3 Å². The van der Waals surface area contributed by atoms with E-state index >= 15 is 4.39 Å². The first-order valence-electron chi connectivity index (χ1n) is 12.7. The molecule has 0 radical (unpaired) electrons. The molecule has 2 amide bonds. The molecule has 0 spiro atoms. The molecule has 2 fully saturated rings. The van der Waals surface area contributed by atoms with Crippen LogP contribution in [0.25, 0.3) is 10.9 Å². The highest BCUT2D eigenvalue weighted by atomic mass is 19.1. The second-order valence-corrected chi connectivity index (χ2v) is 9.70. The van der Waals surface area contributed by atoms with Crippen molar-refractivity contribution in [2.45, 2.75) is 32.9 Å². The molecule has 1 N–H and O–H groups in total. The van der Waals surface area contributed by atoms with Crippen molar-refractivity contribution in [3.05, 3.63) is 69.8 Å². The summed E-state index contributed by atoms with van der Waals surface area (Å²) < 4.78 is 16.8. The van der Waals surface area contributed by atoms with Crippen LogP contribution in [0.4, 0.5) is 15.8 Å². The predicted molar refractivity (Wildman–Crippen MR) is 142 cm³/mol. The molecule has 2 aromatic carbocycles. The van der Waals surface area contributed by atoms with Gasteiger partial charge in [-0.05, 0) is 38.1 Å². The molecule has 0 aliphatic carbocycles. The number of carboxylic acids is 1. The lowest BCUT2D eigenvalue weighted by atomic mass is 10.1. The number of imide groups is 1. The first-order valence-corrected chi connectivity index (χ1v) is 12.7. The number of carboxylic acid groups (broad SMARTS) is 1. The Bertz CT molecular complexity index is 1590. The third-order valence-corrected chi connectivity index (χ3v) is 7.45. The van der Waals surface area contributed by atoms with Gasteiger partial charge in [-0.25, -0.2) is 14.1 Å². The zero-order valence-corrected chi connectivity index (χ0v) is 21.5. The Morgan fingerprint density at radius 3 is 2.41 bits per heavy atom. The number of aryl methyl sites for hydroxylation is 1. The van der Waals surface area contributed by atoms with Crippen LogP contribution >= 0.6 is 0 Å². The van der Waals surface area contributed by atoms with Crippen LogP contribution in [0.5, 0.6) is 0 Å². The monoisotopic (exact) mass is 534 g/mol. The van der Waals surface area contributed by atoms with Crippen molar-refractivity contribution in [3.8, 4) is 0 Å². The van der Waals surface area contributed by atoms with E-state index in [1.807, 2.05) is 9.80 Å². The topological polar surface area (TPSA) is 120 Å². The largest absolute Gasteiger partial charge is 0.477 e. The fourth-order valence-corrected chi connectivity index (χ4v) is 5.37. The number of carbonyl (C=O) groups is 4. The number of piperazine rings is 1. The van der Waals surface area contributed by atoms with Gasteiger partial charge in [0.1, 0.15) is 11.4 Å². The van der Waals surface area contributed by atoms with Crippen LogP contribution in [-0.2, 0) is 16.1 Å². The van der Waals surface area contributed by atoms with E-state index in [2.05, 4.69) is 0 Å². The summed E-state index contributed by atoms with van der Waals surface area (Å²) in [5.74, 6) is -2.86. The lowest BCUT2D eigenvalue weighted by Crippen LogP contribution is -2.52. The van der Waals surface area contributed by atoms with Crippen LogP contribution in [0.2, 0.25) is 0 Å². The molecule has 2 aliphatic heterocycles. The number of hydrogen-bond acceptors (Lipinski definition) is 7. The molecule has 3 aromatic rings. The van der Waals surface area contributed by atoms with Gasteiger partial charge in [-0.1, -0.05) is 12.1 Å². The zero-order chi connectivity index (χ0) is 28.0. The van der Waals surface area contributed by atoms with Gasteiger partial charge in [-0.15, -0.1) is 0 Å². The Morgan fingerprint density at radius 1 is 1.05 bits per heavy atom. The number of amides is 2. The Morgan fingerprint density at radius 2 is 1.77 bits per heavy atom. The molecule has 39 heavy (non-hydrogen) atoms. The minimum absolute atomic E-state index is 0.000588. The molecule has 0 saturated carbocycles. The SMILES string of the molecule is CCn1cc(C(=O)O)c(=O)c2cc(F)c(N3CCN([C@H]4CC(=O)N(c5cccc(C(C)=O)c5)C4=O)CC3)cc21. The van der Waals surface area contributed by atoms with Crippen molar-refractivity contribution < 1.29 is 28.7 Å². The molecule has 202 valence electrons. The van der Waals surface area contributed by atoms with E-state index < -0.39 is 28.8 Å². The van der Waals surface area contributed by atoms with Crippen LogP contribution in [0.3, 0.4) is 0 Å². The minimum Gasteiger partial charge on any atom is -0.477 e. The van der Waals surface area contributed by atoms with Crippen LogP contribution in [0, 0.1) is 5.82 Å². The summed E-state index contributed by atoms with van der Waals surface area (Å²) in [5.41, 5.74) is 0.346. The quantitative estimate of drug-likeness (QED) is 0.379. The van der Waals surface area contributed by atoms with Gasteiger partial charge in [-0.3, -0.25) is 24.1 Å². The molecule has 1 atom stereocenters. The fourth-order valence-electron chi connectivity index (χ4n) is 5.37. The van der Waals surface area contributed by atoms with Gasteiger partial charge in [0.25, 0.3) is 5.91 Å². The molecule has 5 rings (SSSR count). The smallest absolute Gasteiger partial charge is 0.341 e. The number of benzene rings is 2. The van der Waals surface area contributed by atoms with Gasteiger partial charge >= 0.3 is 5.97 Å². The van der Waals surface area contributed by atoms with E-state index in [4.69, 9.17) is 0 Å². The molecule has 1 aromatic heterocycles. The standard InChI is InChI=1S/C28H27FN4O6/c1-3-30-15-20(28(38)39)26(36)19-12-21(29)23(13-22(19)30)31-7-9-32(10-8-31)24-14-25(35)33(27(24)37)18-6-4-5-17(11-18)16(2)34/h4-6,11-13,15,24H,3,7-10,14H2,1-2H3,(H,38,39)/t24-/m0/s1. The maximum atomic E-state index is 15.2. The number of aromatic carboxylic acids is 1. The second-order valence-electron chi connectivity index (χ2n) is 9.70. The van der Waals surface area contributed by atoms with E-state index in [9.17, 15) is 29.1 Å². The van der Waals surface area contributed by atoms with E-state index in [1.54, 1.807) is 35.8 Å². The van der Waals surface area contributed by atoms with Crippen molar-refractivity contribution >= 4 is 45.8 Å². The zero-order valence-electron chi connectivity index (χ0n) is 21.5. The molecular formula is C28H27FN4O6. The van der Waals surface area contributed by atoms with E-state index in [1.165, 1.54) is 19.2 Å². The first-order chi connectivity index (χ1) is 18.6. The number of fused-ring (bicyclic) bond motifs is 1. The van der Waals surface area contributed by atoms with Crippen molar-refractivity contribution in [2.75, 3.05) is 36.0 Å². The predicted octanol–water partition coefficient (Wildman–Crippen LogP) is 2.52. The molecule has 10 nitrogen and oxygen atoms in total. The summed E-state index contributed by atoms with van der Waals surface area (Å²) in [4.78, 5) is 66.8. The van der Waals surface area contributed by atoms with Gasteiger partial charge in [-0.2, -0.15) is 0 Å². The molecule has 2 aliphatic rings. The molecule has 11 heteroatoms. The Kier molecular flexibility index (Phi) is 6.77. The summed E-state index contributed by atoms with van der Waals surface area (Å²) in [7, 11) is 0. The second kappa shape index (κ2) is 10.1. The number of Topliss-reactive ketones (excluding diaryl/α,β-unsaturated/α-hetero) is 1. The van der Waals surface area contributed by atoms with E-state index in [0.717, 1.165) is 11.0 Å². The van der Waals surface area contributed by atoms with Gasteiger partial charge in [0.15, 0.2) is 5.78 Å². The number of pyridine rings is 1. The van der Waals surface area contributed by atoms with Crippen LogP contribution in [0.1, 0.15) is 41.0 Å². The normalized spacial score (nSPS) is 18.3. The highest BCUT2D eigenvalue weighted by Gasteiger charge is 2.43. The summed E-state index contributed by atoms with van der Waals surface area (Å²) in [5, 5.41) is 9.36. The fraction of sp³-hybridized carbons (Fsp3) is 0.321. The number of anilines is 2. The highest BCUT2D eigenvalue weighted by molar-refractivity contribution is 6.22. The average molecular weight is 535 g/mol. The number of aromatic nitrogens is 1. The lowest BCUT2D eigenvalue weighted by molar-refractivity contribution is -0.123.